The van der Waals surface area contributed by atoms with E-state index in [1.165, 1.54) is 12.7 Å². The molecule has 1 saturated heterocycles. The van der Waals surface area contributed by atoms with Crippen molar-refractivity contribution >= 4 is 11.9 Å². The summed E-state index contributed by atoms with van der Waals surface area (Å²) in [6, 6.07) is 3.51. The number of nitrogens with zero attached hydrogens (tertiary/aromatic N) is 1. The molecule has 0 radical (unpaired) electrons. The molecule has 0 N–H and O–H groups in total. The van der Waals surface area contributed by atoms with Crippen LogP contribution in [0.15, 0.2) is 12.1 Å². The van der Waals surface area contributed by atoms with Crippen LogP contribution in [0, 0.1) is 20.8 Å². The van der Waals surface area contributed by atoms with Gasteiger partial charge in [0, 0.05) is 6.54 Å². The van der Waals surface area contributed by atoms with Gasteiger partial charge in [0.1, 0.15) is 0 Å². The van der Waals surface area contributed by atoms with E-state index < -0.39 is 12.0 Å². The summed E-state index contributed by atoms with van der Waals surface area (Å²) < 4.78 is 10.1. The Labute approximate surface area is 131 Å². The molecular weight excluding hydrogens is 282 g/mol. The molecule has 0 bridgehead atoms. The molecule has 0 aromatic heterocycles. The van der Waals surface area contributed by atoms with E-state index in [0.29, 0.717) is 19.6 Å². The molecule has 1 fully saturated rings. The number of ether oxygens (including phenoxy) is 2. The first-order valence-corrected chi connectivity index (χ1v) is 7.45. The molecule has 1 aromatic carbocycles. The molecule has 5 heteroatoms. The molecule has 1 atom stereocenters. The molecule has 1 aliphatic rings. The molecule has 5 nitrogen and oxygen atoms in total. The second-order valence-corrected chi connectivity index (χ2v) is 5.76. The molecule has 1 heterocycles. The summed E-state index contributed by atoms with van der Waals surface area (Å²) in [5.41, 5.74) is 4.43. The van der Waals surface area contributed by atoms with Gasteiger partial charge in [0.25, 0.3) is 0 Å². The van der Waals surface area contributed by atoms with Gasteiger partial charge in [-0.25, -0.2) is 4.79 Å². The molecule has 22 heavy (non-hydrogen) atoms. The van der Waals surface area contributed by atoms with Gasteiger partial charge in [-0.05, 0) is 37.5 Å². The highest BCUT2D eigenvalue weighted by atomic mass is 16.5. The van der Waals surface area contributed by atoms with E-state index >= 15 is 0 Å². The zero-order valence-corrected chi connectivity index (χ0v) is 13.6. The number of hydrogen-bond donors (Lipinski definition) is 0. The molecule has 120 valence electrons. The van der Waals surface area contributed by atoms with E-state index in [0.717, 1.165) is 16.7 Å². The van der Waals surface area contributed by atoms with Crippen LogP contribution in [0.3, 0.4) is 0 Å². The van der Waals surface area contributed by atoms with Crippen molar-refractivity contribution < 1.29 is 19.1 Å². The number of carbonyl (C=O) groups excluding carboxylic acids is 2. The summed E-state index contributed by atoms with van der Waals surface area (Å²) in [4.78, 5) is 26.0. The normalized spacial score (nSPS) is 18.2. The van der Waals surface area contributed by atoms with Gasteiger partial charge in [-0.15, -0.1) is 0 Å². The third-order valence-corrected chi connectivity index (χ3v) is 4.09. The monoisotopic (exact) mass is 305 g/mol. The first kappa shape index (κ1) is 16.5. The second-order valence-electron chi connectivity index (χ2n) is 5.76. The zero-order valence-electron chi connectivity index (χ0n) is 13.6. The van der Waals surface area contributed by atoms with E-state index in [-0.39, 0.29) is 12.5 Å². The average Bonchev–Trinajstić information content (AvgIpc) is 2.49. The Hall–Kier alpha value is -1.88. The minimum Gasteiger partial charge on any atom is -0.467 e. The molecule has 0 aliphatic carbocycles. The zero-order chi connectivity index (χ0) is 16.3. The predicted molar refractivity (Wildman–Crippen MR) is 82.7 cm³/mol. The number of amides is 1. The lowest BCUT2D eigenvalue weighted by Gasteiger charge is -2.34. The van der Waals surface area contributed by atoms with Gasteiger partial charge >= 0.3 is 5.97 Å². The fourth-order valence-corrected chi connectivity index (χ4v) is 2.98. The number of rotatable bonds is 3. The topological polar surface area (TPSA) is 55.8 Å². The maximum atomic E-state index is 12.7. The molecule has 0 spiro atoms. The fraction of sp³-hybridized carbons (Fsp3) is 0.529. The van der Waals surface area contributed by atoms with Crippen LogP contribution >= 0.6 is 0 Å². The van der Waals surface area contributed by atoms with Crippen molar-refractivity contribution in [1.29, 1.82) is 0 Å². The smallest absolute Gasteiger partial charge is 0.331 e. The highest BCUT2D eigenvalue weighted by Crippen LogP contribution is 2.19. The summed E-state index contributed by atoms with van der Waals surface area (Å²) in [5, 5.41) is 0. The minimum absolute atomic E-state index is 0.0613. The second kappa shape index (κ2) is 6.92. The van der Waals surface area contributed by atoms with Crippen LogP contribution in [-0.4, -0.2) is 49.7 Å². The number of carbonyl (C=O) groups is 2. The molecule has 1 aliphatic heterocycles. The molecule has 1 aromatic rings. The van der Waals surface area contributed by atoms with Gasteiger partial charge in [0.15, 0.2) is 6.04 Å². The van der Waals surface area contributed by atoms with E-state index in [1.54, 1.807) is 4.90 Å². The van der Waals surface area contributed by atoms with Crippen molar-refractivity contribution in [3.8, 4) is 0 Å². The number of benzene rings is 1. The van der Waals surface area contributed by atoms with Crippen molar-refractivity contribution in [3.63, 3.8) is 0 Å². The summed E-state index contributed by atoms with van der Waals surface area (Å²) in [6.07, 6.45) is 0.297. The number of hydrogen-bond acceptors (Lipinski definition) is 4. The van der Waals surface area contributed by atoms with Gasteiger partial charge in [0.05, 0.1) is 26.7 Å². The first-order valence-electron chi connectivity index (χ1n) is 7.45. The Balaban J connectivity index is 2.19. The minimum atomic E-state index is -0.641. The van der Waals surface area contributed by atoms with Gasteiger partial charge in [-0.3, -0.25) is 4.79 Å². The highest BCUT2D eigenvalue weighted by molar-refractivity contribution is 5.86. The predicted octanol–water partition coefficient (Wildman–Crippen LogP) is 1.55. The highest BCUT2D eigenvalue weighted by Gasteiger charge is 2.33. The maximum Gasteiger partial charge on any atom is 0.331 e. The summed E-state index contributed by atoms with van der Waals surface area (Å²) in [5.74, 6) is -0.487. The van der Waals surface area contributed by atoms with Crippen molar-refractivity contribution in [1.82, 2.24) is 4.90 Å². The molecule has 2 rings (SSSR count). The molecule has 1 unspecified atom stereocenters. The Bertz CT molecular complexity index is 559. The first-order chi connectivity index (χ1) is 10.4. The average molecular weight is 305 g/mol. The maximum absolute atomic E-state index is 12.7. The SMILES string of the molecule is COC(=O)C1COCCN1C(=O)Cc1c(C)cc(C)cc1C. The third kappa shape index (κ3) is 3.47. The summed E-state index contributed by atoms with van der Waals surface area (Å²) in [7, 11) is 1.33. The largest absolute Gasteiger partial charge is 0.467 e. The summed E-state index contributed by atoms with van der Waals surface area (Å²) >= 11 is 0. The number of methoxy groups -OCH3 is 1. The van der Waals surface area contributed by atoms with E-state index in [4.69, 9.17) is 9.47 Å². The van der Waals surface area contributed by atoms with Crippen molar-refractivity contribution in [2.24, 2.45) is 0 Å². The van der Waals surface area contributed by atoms with Crippen LogP contribution in [0.1, 0.15) is 22.3 Å². The van der Waals surface area contributed by atoms with Crippen LogP contribution in [0.5, 0.6) is 0 Å². The quantitative estimate of drug-likeness (QED) is 0.795. The van der Waals surface area contributed by atoms with Gasteiger partial charge in [-0.1, -0.05) is 17.7 Å². The lowest BCUT2D eigenvalue weighted by atomic mass is 9.96. The van der Waals surface area contributed by atoms with E-state index in [1.807, 2.05) is 20.8 Å². The van der Waals surface area contributed by atoms with E-state index in [9.17, 15) is 9.59 Å². The fourth-order valence-electron chi connectivity index (χ4n) is 2.98. The van der Waals surface area contributed by atoms with E-state index in [2.05, 4.69) is 12.1 Å². The van der Waals surface area contributed by atoms with Crippen molar-refractivity contribution in [2.45, 2.75) is 33.2 Å². The lowest BCUT2D eigenvalue weighted by molar-refractivity contribution is -0.160. The molecule has 0 saturated carbocycles. The Kier molecular flexibility index (Phi) is 5.19. The molecular formula is C17H23NO4. The van der Waals surface area contributed by atoms with Crippen molar-refractivity contribution in [3.05, 3.63) is 34.4 Å². The van der Waals surface area contributed by atoms with Crippen LogP contribution < -0.4 is 0 Å². The number of aryl methyl sites for hydroxylation is 3. The standard InChI is InChI=1S/C17H23NO4/c1-11-7-12(2)14(13(3)8-11)9-16(19)18-5-6-22-10-15(18)17(20)21-4/h7-8,15H,5-6,9-10H2,1-4H3. The van der Waals surface area contributed by atoms with Gasteiger partial charge in [0.2, 0.25) is 5.91 Å². The summed E-state index contributed by atoms with van der Waals surface area (Å²) in [6.45, 7) is 7.14. The Morgan fingerprint density at radius 2 is 1.91 bits per heavy atom. The van der Waals surface area contributed by atoms with Gasteiger partial charge < -0.3 is 14.4 Å². The molecule has 1 amide bonds. The third-order valence-electron chi connectivity index (χ3n) is 4.09. The van der Waals surface area contributed by atoms with Gasteiger partial charge in [-0.2, -0.15) is 0 Å². The van der Waals surface area contributed by atoms with Crippen LogP contribution in [0.4, 0.5) is 0 Å². The Morgan fingerprint density at radius 1 is 1.27 bits per heavy atom. The van der Waals surface area contributed by atoms with Crippen LogP contribution in [0.2, 0.25) is 0 Å². The van der Waals surface area contributed by atoms with Crippen LogP contribution in [-0.2, 0) is 25.5 Å². The van der Waals surface area contributed by atoms with Crippen LogP contribution in [0.25, 0.3) is 0 Å². The Morgan fingerprint density at radius 3 is 2.50 bits per heavy atom. The lowest BCUT2D eigenvalue weighted by Crippen LogP contribution is -2.53. The number of esters is 1. The van der Waals surface area contributed by atoms with Crippen molar-refractivity contribution in [2.75, 3.05) is 26.9 Å². The number of morpholine rings is 1.